The van der Waals surface area contributed by atoms with Crippen LogP contribution in [0, 0.1) is 0 Å². The molecule has 0 aliphatic carbocycles. The molecule has 0 spiro atoms. The van der Waals surface area contributed by atoms with E-state index in [9.17, 15) is 9.59 Å². The second kappa shape index (κ2) is 14.6. The van der Waals surface area contributed by atoms with E-state index in [1.807, 2.05) is 67.7 Å². The van der Waals surface area contributed by atoms with Gasteiger partial charge in [0.2, 0.25) is 11.8 Å². The number of ether oxygens (including phenoxy) is 1. The maximum Gasteiger partial charge on any atom is 0.242 e. The van der Waals surface area contributed by atoms with E-state index in [1.165, 1.54) is 22.7 Å². The lowest BCUT2D eigenvalue weighted by Gasteiger charge is -2.28. The molecule has 40 heavy (non-hydrogen) atoms. The average molecular weight is 559 g/mol. The van der Waals surface area contributed by atoms with Gasteiger partial charge in [-0.05, 0) is 47.9 Å². The SMILES string of the molecule is COCCN(CC(=O)N(CCc1c[nH]c2ccccc12)Cc1ccc(N(C)C)cc1)C(=O)CSc1ccccc1. The van der Waals surface area contributed by atoms with Gasteiger partial charge >= 0.3 is 0 Å². The summed E-state index contributed by atoms with van der Waals surface area (Å²) < 4.78 is 5.26. The topological polar surface area (TPSA) is 68.9 Å². The van der Waals surface area contributed by atoms with E-state index in [1.54, 1.807) is 12.0 Å². The molecule has 7 nitrogen and oxygen atoms in total. The van der Waals surface area contributed by atoms with Crippen molar-refractivity contribution in [1.82, 2.24) is 14.8 Å². The summed E-state index contributed by atoms with van der Waals surface area (Å²) in [5.41, 5.74) is 4.41. The van der Waals surface area contributed by atoms with Crippen molar-refractivity contribution in [3.8, 4) is 0 Å². The van der Waals surface area contributed by atoms with Crippen molar-refractivity contribution < 1.29 is 14.3 Å². The van der Waals surface area contributed by atoms with Gasteiger partial charge in [0, 0.05) is 68.5 Å². The van der Waals surface area contributed by atoms with Crippen LogP contribution in [-0.4, -0.2) is 79.8 Å². The summed E-state index contributed by atoms with van der Waals surface area (Å²) in [6.45, 7) is 1.77. The maximum atomic E-state index is 13.8. The lowest BCUT2D eigenvalue weighted by Crippen LogP contribution is -2.45. The third-order valence-corrected chi connectivity index (χ3v) is 7.85. The number of nitrogens with one attached hydrogen (secondary N) is 1. The van der Waals surface area contributed by atoms with Gasteiger partial charge in [-0.15, -0.1) is 11.8 Å². The molecule has 1 aromatic heterocycles. The largest absolute Gasteiger partial charge is 0.383 e. The minimum absolute atomic E-state index is 0.0151. The Labute approximate surface area is 241 Å². The number of rotatable bonds is 14. The molecule has 0 radical (unpaired) electrons. The second-order valence-corrected chi connectivity index (χ2v) is 10.9. The van der Waals surface area contributed by atoms with Gasteiger partial charge in [0.25, 0.3) is 0 Å². The third kappa shape index (κ3) is 8.13. The Morgan fingerprint density at radius 1 is 0.850 bits per heavy atom. The number of amides is 2. The summed E-state index contributed by atoms with van der Waals surface area (Å²) in [5, 5.41) is 1.17. The number of thioether (sulfide) groups is 1. The molecule has 0 atom stereocenters. The van der Waals surface area contributed by atoms with E-state index in [2.05, 4.69) is 46.3 Å². The highest BCUT2D eigenvalue weighted by atomic mass is 32.2. The highest BCUT2D eigenvalue weighted by Crippen LogP contribution is 2.20. The van der Waals surface area contributed by atoms with Crippen LogP contribution in [0.15, 0.2) is 90.0 Å². The molecule has 4 rings (SSSR count). The number of aromatic amines is 1. The molecule has 0 unspecified atom stereocenters. The van der Waals surface area contributed by atoms with Crippen LogP contribution in [-0.2, 0) is 27.3 Å². The number of carbonyl (C=O) groups is 2. The van der Waals surface area contributed by atoms with Crippen LogP contribution in [0.2, 0.25) is 0 Å². The fourth-order valence-electron chi connectivity index (χ4n) is 4.52. The zero-order chi connectivity index (χ0) is 28.3. The smallest absolute Gasteiger partial charge is 0.242 e. The summed E-state index contributed by atoms with van der Waals surface area (Å²) in [4.78, 5) is 36.9. The minimum atomic E-state index is -0.0781. The van der Waals surface area contributed by atoms with E-state index in [4.69, 9.17) is 4.74 Å². The van der Waals surface area contributed by atoms with E-state index < -0.39 is 0 Å². The van der Waals surface area contributed by atoms with Gasteiger partial charge < -0.3 is 24.4 Å². The molecule has 0 saturated carbocycles. The molecule has 3 aromatic carbocycles. The first-order chi connectivity index (χ1) is 19.4. The predicted octanol–water partition coefficient (Wildman–Crippen LogP) is 5.07. The van der Waals surface area contributed by atoms with E-state index in [-0.39, 0.29) is 24.1 Å². The molecule has 1 N–H and O–H groups in total. The van der Waals surface area contributed by atoms with Gasteiger partial charge in [-0.25, -0.2) is 0 Å². The van der Waals surface area contributed by atoms with Gasteiger partial charge in [0.05, 0.1) is 18.9 Å². The summed E-state index contributed by atoms with van der Waals surface area (Å²) in [5.74, 6) is 0.111. The monoisotopic (exact) mass is 558 g/mol. The number of hydrogen-bond acceptors (Lipinski definition) is 5. The zero-order valence-corrected chi connectivity index (χ0v) is 24.3. The molecule has 210 valence electrons. The molecule has 0 aliphatic heterocycles. The van der Waals surface area contributed by atoms with Crippen molar-refractivity contribution in [2.45, 2.75) is 17.9 Å². The molecule has 0 saturated heterocycles. The number of para-hydroxylation sites is 1. The Hall–Kier alpha value is -3.75. The molecule has 1 heterocycles. The molecule has 4 aromatic rings. The lowest BCUT2D eigenvalue weighted by molar-refractivity contribution is -0.140. The van der Waals surface area contributed by atoms with Crippen LogP contribution in [0.5, 0.6) is 0 Å². The van der Waals surface area contributed by atoms with Crippen molar-refractivity contribution in [3.05, 3.63) is 96.2 Å². The first-order valence-electron chi connectivity index (χ1n) is 13.5. The number of hydrogen-bond donors (Lipinski definition) is 1. The highest BCUT2D eigenvalue weighted by molar-refractivity contribution is 8.00. The lowest BCUT2D eigenvalue weighted by atomic mass is 10.1. The summed E-state index contributed by atoms with van der Waals surface area (Å²) >= 11 is 1.48. The fourth-order valence-corrected chi connectivity index (χ4v) is 5.34. The van der Waals surface area contributed by atoms with Crippen LogP contribution < -0.4 is 4.90 Å². The van der Waals surface area contributed by atoms with E-state index in [0.29, 0.717) is 32.7 Å². The number of benzene rings is 3. The quantitative estimate of drug-likeness (QED) is 0.219. The molecule has 0 bridgehead atoms. The van der Waals surface area contributed by atoms with E-state index in [0.717, 1.165) is 21.7 Å². The summed E-state index contributed by atoms with van der Waals surface area (Å²) in [6, 6.07) is 26.3. The third-order valence-electron chi connectivity index (χ3n) is 6.85. The van der Waals surface area contributed by atoms with E-state index >= 15 is 0 Å². The van der Waals surface area contributed by atoms with Gasteiger partial charge in [-0.3, -0.25) is 9.59 Å². The Kier molecular flexibility index (Phi) is 10.7. The number of aromatic nitrogens is 1. The minimum Gasteiger partial charge on any atom is -0.383 e. The molecular weight excluding hydrogens is 520 g/mol. The summed E-state index contributed by atoms with van der Waals surface area (Å²) in [7, 11) is 5.62. The van der Waals surface area contributed by atoms with Crippen molar-refractivity contribution in [3.63, 3.8) is 0 Å². The number of H-pyrrole nitrogens is 1. The van der Waals surface area contributed by atoms with Crippen molar-refractivity contribution >= 4 is 40.2 Å². The average Bonchev–Trinajstić information content (AvgIpc) is 3.39. The van der Waals surface area contributed by atoms with Crippen molar-refractivity contribution in [2.24, 2.45) is 0 Å². The standard InChI is InChI=1S/C32H38N4O3S/c1-34(2)27-15-13-25(14-16-27)22-35(18-17-26-21-33-30-12-8-7-11-29(26)30)31(37)23-36(19-20-39-3)32(38)24-40-28-9-5-4-6-10-28/h4-16,21,33H,17-20,22-24H2,1-3H3. The van der Waals surface area contributed by atoms with Crippen molar-refractivity contribution in [1.29, 1.82) is 0 Å². The van der Waals surface area contributed by atoms with Crippen LogP contribution >= 0.6 is 11.8 Å². The Morgan fingerprint density at radius 3 is 2.30 bits per heavy atom. The van der Waals surface area contributed by atoms with Crippen LogP contribution in [0.1, 0.15) is 11.1 Å². The number of methoxy groups -OCH3 is 1. The predicted molar refractivity (Wildman–Crippen MR) is 164 cm³/mol. The molecule has 8 heteroatoms. The fraction of sp³-hybridized carbons (Fsp3) is 0.312. The van der Waals surface area contributed by atoms with Crippen molar-refractivity contribution in [2.75, 3.05) is 58.1 Å². The number of carbonyl (C=O) groups excluding carboxylic acids is 2. The number of anilines is 1. The molecule has 2 amide bonds. The Balaban J connectivity index is 1.48. The normalized spacial score (nSPS) is 11.0. The Morgan fingerprint density at radius 2 is 1.57 bits per heavy atom. The van der Waals surface area contributed by atoms with Gasteiger partial charge in [-0.1, -0.05) is 48.5 Å². The molecule has 0 aliphatic rings. The second-order valence-electron chi connectivity index (χ2n) is 9.90. The number of fused-ring (bicyclic) bond motifs is 1. The van der Waals surface area contributed by atoms with Gasteiger partial charge in [0.1, 0.15) is 0 Å². The first-order valence-corrected chi connectivity index (χ1v) is 14.5. The van der Waals surface area contributed by atoms with Gasteiger partial charge in [0.15, 0.2) is 0 Å². The summed E-state index contributed by atoms with van der Waals surface area (Å²) in [6.07, 6.45) is 2.73. The molecular formula is C32H38N4O3S. The highest BCUT2D eigenvalue weighted by Gasteiger charge is 2.22. The Bertz CT molecular complexity index is 1370. The van der Waals surface area contributed by atoms with Crippen LogP contribution in [0.25, 0.3) is 10.9 Å². The molecule has 0 fully saturated rings. The van der Waals surface area contributed by atoms with Crippen LogP contribution in [0.4, 0.5) is 5.69 Å². The van der Waals surface area contributed by atoms with Gasteiger partial charge in [-0.2, -0.15) is 0 Å². The van der Waals surface area contributed by atoms with Crippen LogP contribution in [0.3, 0.4) is 0 Å². The maximum absolute atomic E-state index is 13.8. The zero-order valence-electron chi connectivity index (χ0n) is 23.5. The first kappa shape index (κ1) is 29.2. The number of nitrogens with zero attached hydrogens (tertiary/aromatic N) is 3.